The maximum absolute atomic E-state index is 4.47. The number of H-pyrrole nitrogens is 1. The van der Waals surface area contributed by atoms with Gasteiger partial charge in [-0.15, -0.1) is 0 Å². The number of fused-ring (bicyclic) bond motifs is 1. The molecule has 0 saturated carbocycles. The molecule has 110 valence electrons. The summed E-state index contributed by atoms with van der Waals surface area (Å²) in [7, 11) is 1.84. The van der Waals surface area contributed by atoms with Gasteiger partial charge in [-0.05, 0) is 38.8 Å². The molecule has 4 nitrogen and oxygen atoms in total. The molecule has 1 unspecified atom stereocenters. The lowest BCUT2D eigenvalue weighted by atomic mass is 10.1. The molecule has 1 fully saturated rings. The van der Waals surface area contributed by atoms with E-state index in [1.54, 1.807) is 0 Å². The van der Waals surface area contributed by atoms with E-state index in [2.05, 4.69) is 32.9 Å². The standard InChI is InChI=1S/C17H22N4/c1-4-6-14(18-3)13-11-20-17-16(13)15(8-9-19-17)21-10-5-7-12(21)2/h4,6,8-9,11-12H,5,7,10H2,1-3H3,(H,19,20)/b6-4-,18-14?. The smallest absolute Gasteiger partial charge is 0.140 e. The lowest BCUT2D eigenvalue weighted by Gasteiger charge is -2.24. The zero-order valence-electron chi connectivity index (χ0n) is 12.9. The number of nitrogens with one attached hydrogen (secondary N) is 1. The minimum Gasteiger partial charge on any atom is -0.368 e. The Balaban J connectivity index is 2.19. The summed E-state index contributed by atoms with van der Waals surface area (Å²) in [6.45, 7) is 5.43. The van der Waals surface area contributed by atoms with Gasteiger partial charge >= 0.3 is 0 Å². The summed E-state index contributed by atoms with van der Waals surface area (Å²) in [6, 6.07) is 2.71. The highest BCUT2D eigenvalue weighted by atomic mass is 15.2. The molecule has 2 aromatic heterocycles. The van der Waals surface area contributed by atoms with Crippen molar-refractivity contribution in [3.05, 3.63) is 36.2 Å². The van der Waals surface area contributed by atoms with Crippen LogP contribution in [-0.2, 0) is 0 Å². The Morgan fingerprint density at radius 3 is 3.05 bits per heavy atom. The maximum Gasteiger partial charge on any atom is 0.140 e. The molecule has 0 bridgehead atoms. The molecule has 1 aliphatic heterocycles. The third kappa shape index (κ3) is 2.35. The summed E-state index contributed by atoms with van der Waals surface area (Å²) in [5, 5.41) is 1.19. The molecule has 1 atom stereocenters. The van der Waals surface area contributed by atoms with Crippen LogP contribution in [0.15, 0.2) is 35.6 Å². The van der Waals surface area contributed by atoms with Crippen molar-refractivity contribution in [2.45, 2.75) is 32.7 Å². The van der Waals surface area contributed by atoms with Crippen molar-refractivity contribution in [3.8, 4) is 0 Å². The van der Waals surface area contributed by atoms with Crippen molar-refractivity contribution < 1.29 is 0 Å². The number of aromatic amines is 1. The number of aromatic nitrogens is 2. The first kappa shape index (κ1) is 13.9. The average Bonchev–Trinajstić information content (AvgIpc) is 3.11. The number of rotatable bonds is 3. The molecule has 21 heavy (non-hydrogen) atoms. The Hall–Kier alpha value is -2.10. The molecule has 3 rings (SSSR count). The minimum absolute atomic E-state index is 0.585. The van der Waals surface area contributed by atoms with Crippen LogP contribution in [-0.4, -0.2) is 35.3 Å². The van der Waals surface area contributed by atoms with E-state index in [0.717, 1.165) is 23.5 Å². The van der Waals surface area contributed by atoms with Gasteiger partial charge < -0.3 is 9.88 Å². The van der Waals surface area contributed by atoms with Crippen LogP contribution in [0.25, 0.3) is 11.0 Å². The normalized spacial score (nSPS) is 20.0. The van der Waals surface area contributed by atoms with Crippen LogP contribution in [0.1, 0.15) is 32.3 Å². The van der Waals surface area contributed by atoms with Gasteiger partial charge in [-0.3, -0.25) is 4.99 Å². The highest BCUT2D eigenvalue weighted by molar-refractivity contribution is 6.18. The predicted octanol–water partition coefficient (Wildman–Crippen LogP) is 3.55. The molecule has 0 radical (unpaired) electrons. The van der Waals surface area contributed by atoms with Gasteiger partial charge in [-0.25, -0.2) is 4.98 Å². The summed E-state index contributed by atoms with van der Waals surface area (Å²) in [6.07, 6.45) is 10.5. The third-order valence-corrected chi connectivity index (χ3v) is 4.26. The van der Waals surface area contributed by atoms with Gasteiger partial charge in [0.05, 0.1) is 16.8 Å². The van der Waals surface area contributed by atoms with Gasteiger partial charge in [0.25, 0.3) is 0 Å². The summed E-state index contributed by atoms with van der Waals surface area (Å²) < 4.78 is 0. The number of hydrogen-bond donors (Lipinski definition) is 1. The van der Waals surface area contributed by atoms with E-state index in [4.69, 9.17) is 0 Å². The van der Waals surface area contributed by atoms with Crippen molar-refractivity contribution in [2.75, 3.05) is 18.5 Å². The van der Waals surface area contributed by atoms with Crippen LogP contribution in [0, 0.1) is 0 Å². The zero-order valence-corrected chi connectivity index (χ0v) is 12.9. The van der Waals surface area contributed by atoms with Gasteiger partial charge in [0.1, 0.15) is 5.65 Å². The second-order valence-corrected chi connectivity index (χ2v) is 5.55. The van der Waals surface area contributed by atoms with E-state index in [0.29, 0.717) is 6.04 Å². The fourth-order valence-electron chi connectivity index (χ4n) is 3.21. The Bertz CT molecular complexity index is 696. The molecule has 0 aliphatic carbocycles. The first-order chi connectivity index (χ1) is 10.3. The van der Waals surface area contributed by atoms with Crippen molar-refractivity contribution in [1.29, 1.82) is 0 Å². The first-order valence-corrected chi connectivity index (χ1v) is 7.58. The quantitative estimate of drug-likeness (QED) is 0.875. The van der Waals surface area contributed by atoms with Crippen LogP contribution in [0.5, 0.6) is 0 Å². The van der Waals surface area contributed by atoms with Crippen LogP contribution < -0.4 is 4.90 Å². The van der Waals surface area contributed by atoms with E-state index >= 15 is 0 Å². The molecule has 1 saturated heterocycles. The summed E-state index contributed by atoms with van der Waals surface area (Å²) in [5.74, 6) is 0. The van der Waals surface area contributed by atoms with Crippen molar-refractivity contribution in [2.24, 2.45) is 4.99 Å². The molecule has 3 heterocycles. The SMILES string of the molecule is C/C=C\C(=NC)c1c[nH]c2nccc(N3CCCC3C)c12. The van der Waals surface area contributed by atoms with E-state index in [-0.39, 0.29) is 0 Å². The summed E-state index contributed by atoms with van der Waals surface area (Å²) in [4.78, 5) is 14.7. The molecular formula is C17H22N4. The number of nitrogens with zero attached hydrogens (tertiary/aromatic N) is 3. The Morgan fingerprint density at radius 1 is 1.52 bits per heavy atom. The van der Waals surface area contributed by atoms with Gasteiger partial charge in [0.15, 0.2) is 0 Å². The van der Waals surface area contributed by atoms with Crippen LogP contribution in [0.4, 0.5) is 5.69 Å². The highest BCUT2D eigenvalue weighted by Gasteiger charge is 2.24. The second-order valence-electron chi connectivity index (χ2n) is 5.55. The monoisotopic (exact) mass is 282 g/mol. The van der Waals surface area contributed by atoms with Crippen molar-refractivity contribution in [3.63, 3.8) is 0 Å². The number of anilines is 1. The lowest BCUT2D eigenvalue weighted by molar-refractivity contribution is 0.736. The lowest BCUT2D eigenvalue weighted by Crippen LogP contribution is -2.26. The van der Waals surface area contributed by atoms with Gasteiger partial charge in [0.2, 0.25) is 0 Å². The average molecular weight is 282 g/mol. The third-order valence-electron chi connectivity index (χ3n) is 4.26. The van der Waals surface area contributed by atoms with E-state index in [1.165, 1.54) is 23.9 Å². The minimum atomic E-state index is 0.585. The summed E-state index contributed by atoms with van der Waals surface area (Å²) in [5.41, 5.74) is 4.33. The van der Waals surface area contributed by atoms with E-state index in [1.807, 2.05) is 38.5 Å². The number of allylic oxidation sites excluding steroid dienone is 2. The maximum atomic E-state index is 4.47. The van der Waals surface area contributed by atoms with Gasteiger partial charge in [0, 0.05) is 37.6 Å². The number of hydrogen-bond acceptors (Lipinski definition) is 3. The molecule has 0 aromatic carbocycles. The second kappa shape index (κ2) is 5.72. The molecule has 1 N–H and O–H groups in total. The number of pyridine rings is 1. The Labute approximate surface area is 125 Å². The Kier molecular flexibility index (Phi) is 3.78. The van der Waals surface area contributed by atoms with Crippen LogP contribution in [0.2, 0.25) is 0 Å². The molecule has 4 heteroatoms. The highest BCUT2D eigenvalue weighted by Crippen LogP contribution is 2.33. The molecular weight excluding hydrogens is 260 g/mol. The topological polar surface area (TPSA) is 44.3 Å². The largest absolute Gasteiger partial charge is 0.368 e. The molecule has 0 amide bonds. The van der Waals surface area contributed by atoms with E-state index < -0.39 is 0 Å². The van der Waals surface area contributed by atoms with E-state index in [9.17, 15) is 0 Å². The van der Waals surface area contributed by atoms with Crippen LogP contribution >= 0.6 is 0 Å². The van der Waals surface area contributed by atoms with Gasteiger partial charge in [-0.1, -0.05) is 6.08 Å². The predicted molar refractivity (Wildman–Crippen MR) is 89.4 cm³/mol. The van der Waals surface area contributed by atoms with Gasteiger partial charge in [-0.2, -0.15) is 0 Å². The first-order valence-electron chi connectivity index (χ1n) is 7.58. The molecule has 0 spiro atoms. The van der Waals surface area contributed by atoms with Crippen molar-refractivity contribution >= 4 is 22.4 Å². The molecule has 2 aromatic rings. The fourth-order valence-corrected chi connectivity index (χ4v) is 3.21. The fraction of sp³-hybridized carbons (Fsp3) is 0.412. The number of aliphatic imine (C=N–C) groups is 1. The zero-order chi connectivity index (χ0) is 14.8. The van der Waals surface area contributed by atoms with Crippen LogP contribution in [0.3, 0.4) is 0 Å². The van der Waals surface area contributed by atoms with Crippen molar-refractivity contribution in [1.82, 2.24) is 9.97 Å². The molecule has 1 aliphatic rings. The Morgan fingerprint density at radius 2 is 2.38 bits per heavy atom. The summed E-state index contributed by atoms with van der Waals surface area (Å²) >= 11 is 0.